The summed E-state index contributed by atoms with van der Waals surface area (Å²) < 4.78 is 10.7. The van der Waals surface area contributed by atoms with Crippen molar-refractivity contribution in [2.24, 2.45) is 0 Å². The molecule has 2 amide bonds. The van der Waals surface area contributed by atoms with Crippen LogP contribution in [0.15, 0.2) is 48.5 Å². The molecule has 6 nitrogen and oxygen atoms in total. The summed E-state index contributed by atoms with van der Waals surface area (Å²) in [5, 5.41) is 0. The van der Waals surface area contributed by atoms with Crippen LogP contribution in [0.1, 0.15) is 17.3 Å². The molecule has 0 aromatic heterocycles. The summed E-state index contributed by atoms with van der Waals surface area (Å²) in [5.74, 6) is 1.10. The highest BCUT2D eigenvalue weighted by Crippen LogP contribution is 2.36. The average Bonchev–Trinajstić information content (AvgIpc) is 3.12. The van der Waals surface area contributed by atoms with Crippen LogP contribution in [0.5, 0.6) is 11.5 Å². The van der Waals surface area contributed by atoms with Gasteiger partial charge in [-0.2, -0.15) is 0 Å². The number of rotatable bonds is 2. The van der Waals surface area contributed by atoms with Gasteiger partial charge in [0.05, 0.1) is 0 Å². The minimum atomic E-state index is -0.521. The Morgan fingerprint density at radius 1 is 1.04 bits per heavy atom. The van der Waals surface area contributed by atoms with E-state index < -0.39 is 6.04 Å². The predicted octanol–water partition coefficient (Wildman–Crippen LogP) is 2.29. The molecule has 2 aromatic rings. The topological polar surface area (TPSA) is 59.1 Å². The quantitative estimate of drug-likeness (QED) is 0.843. The van der Waals surface area contributed by atoms with Gasteiger partial charge in [-0.05, 0) is 31.2 Å². The number of hydrogen-bond donors (Lipinski definition) is 0. The Morgan fingerprint density at radius 2 is 1.80 bits per heavy atom. The van der Waals surface area contributed by atoms with Gasteiger partial charge >= 0.3 is 0 Å². The van der Waals surface area contributed by atoms with Crippen molar-refractivity contribution in [3.63, 3.8) is 0 Å². The van der Waals surface area contributed by atoms with Gasteiger partial charge in [0.2, 0.25) is 12.7 Å². The third-order valence-corrected chi connectivity index (χ3v) is 4.60. The maximum absolute atomic E-state index is 12.8. The van der Waals surface area contributed by atoms with E-state index in [2.05, 4.69) is 0 Å². The predicted molar refractivity (Wildman–Crippen MR) is 91.9 cm³/mol. The lowest BCUT2D eigenvalue weighted by atomic mass is 10.1. The molecular formula is C19H18N2O4. The van der Waals surface area contributed by atoms with Crippen molar-refractivity contribution < 1.29 is 19.1 Å². The molecule has 128 valence electrons. The van der Waals surface area contributed by atoms with E-state index in [0.717, 1.165) is 5.69 Å². The fraction of sp³-hybridized carbons (Fsp3) is 0.263. The monoisotopic (exact) mass is 338 g/mol. The standard InChI is InChI=1S/C19H18N2O4/c1-13-18(22)21(15-7-8-16-17(11-15)25-12-24-16)10-9-20(13)19(23)14-5-3-2-4-6-14/h2-8,11,13H,9-10,12H2,1H3/t13-/m1/s1. The number of piperazine rings is 1. The molecule has 1 atom stereocenters. The molecule has 1 fully saturated rings. The van der Waals surface area contributed by atoms with E-state index in [1.54, 1.807) is 34.9 Å². The lowest BCUT2D eigenvalue weighted by molar-refractivity contribution is -0.124. The number of hydrogen-bond acceptors (Lipinski definition) is 4. The second kappa shape index (κ2) is 6.12. The molecule has 1 saturated heterocycles. The number of amides is 2. The smallest absolute Gasteiger partial charge is 0.254 e. The summed E-state index contributed by atoms with van der Waals surface area (Å²) in [7, 11) is 0. The minimum Gasteiger partial charge on any atom is -0.454 e. The highest BCUT2D eigenvalue weighted by atomic mass is 16.7. The van der Waals surface area contributed by atoms with E-state index in [0.29, 0.717) is 30.2 Å². The first-order valence-electron chi connectivity index (χ1n) is 8.22. The first-order chi connectivity index (χ1) is 12.1. The van der Waals surface area contributed by atoms with Crippen LogP contribution in [0.4, 0.5) is 5.69 Å². The number of benzene rings is 2. The first-order valence-corrected chi connectivity index (χ1v) is 8.22. The molecule has 0 aliphatic carbocycles. The van der Waals surface area contributed by atoms with Crippen molar-refractivity contribution >= 4 is 17.5 Å². The number of anilines is 1. The van der Waals surface area contributed by atoms with Crippen LogP contribution in [0, 0.1) is 0 Å². The Labute approximate surface area is 145 Å². The zero-order valence-corrected chi connectivity index (χ0v) is 13.8. The van der Waals surface area contributed by atoms with Crippen molar-refractivity contribution in [2.75, 3.05) is 24.8 Å². The average molecular weight is 338 g/mol. The Hall–Kier alpha value is -3.02. The summed E-state index contributed by atoms with van der Waals surface area (Å²) in [6.45, 7) is 2.89. The lowest BCUT2D eigenvalue weighted by Gasteiger charge is -2.39. The molecule has 0 bridgehead atoms. The second-order valence-corrected chi connectivity index (χ2v) is 6.07. The van der Waals surface area contributed by atoms with Crippen molar-refractivity contribution in [2.45, 2.75) is 13.0 Å². The number of nitrogens with zero attached hydrogens (tertiary/aromatic N) is 2. The van der Waals surface area contributed by atoms with Gasteiger partial charge in [-0.1, -0.05) is 18.2 Å². The molecular weight excluding hydrogens is 320 g/mol. The van der Waals surface area contributed by atoms with Crippen molar-refractivity contribution in [1.29, 1.82) is 0 Å². The van der Waals surface area contributed by atoms with E-state index in [-0.39, 0.29) is 18.6 Å². The highest BCUT2D eigenvalue weighted by Gasteiger charge is 2.35. The zero-order chi connectivity index (χ0) is 17.4. The largest absolute Gasteiger partial charge is 0.454 e. The van der Waals surface area contributed by atoms with Crippen LogP contribution in [0.2, 0.25) is 0 Å². The fourth-order valence-corrected chi connectivity index (χ4v) is 3.20. The van der Waals surface area contributed by atoms with Gasteiger partial charge in [-0.15, -0.1) is 0 Å². The molecule has 6 heteroatoms. The van der Waals surface area contributed by atoms with Gasteiger partial charge < -0.3 is 19.3 Å². The minimum absolute atomic E-state index is 0.102. The van der Waals surface area contributed by atoms with Crippen LogP contribution < -0.4 is 14.4 Å². The summed E-state index contributed by atoms with van der Waals surface area (Å²) in [5.41, 5.74) is 1.35. The van der Waals surface area contributed by atoms with Crippen LogP contribution >= 0.6 is 0 Å². The maximum Gasteiger partial charge on any atom is 0.254 e. The van der Waals surface area contributed by atoms with Gasteiger partial charge in [0.25, 0.3) is 5.91 Å². The van der Waals surface area contributed by atoms with E-state index in [1.165, 1.54) is 0 Å². The van der Waals surface area contributed by atoms with Crippen LogP contribution in [-0.2, 0) is 4.79 Å². The SMILES string of the molecule is C[C@@H]1C(=O)N(c2ccc3c(c2)OCO3)CCN1C(=O)c1ccccc1. The maximum atomic E-state index is 12.8. The van der Waals surface area contributed by atoms with E-state index in [4.69, 9.17) is 9.47 Å². The van der Waals surface area contributed by atoms with Crippen LogP contribution in [0.3, 0.4) is 0 Å². The van der Waals surface area contributed by atoms with Gasteiger partial charge in [-0.25, -0.2) is 0 Å². The van der Waals surface area contributed by atoms with Gasteiger partial charge in [0.1, 0.15) is 6.04 Å². The first kappa shape index (κ1) is 15.5. The van der Waals surface area contributed by atoms with E-state index in [1.807, 2.05) is 30.3 Å². The normalized spacial score (nSPS) is 19.2. The van der Waals surface area contributed by atoms with Gasteiger partial charge in [-0.3, -0.25) is 9.59 Å². The molecule has 4 rings (SSSR count). The molecule has 0 unspecified atom stereocenters. The van der Waals surface area contributed by atoms with E-state index >= 15 is 0 Å². The molecule has 2 aromatic carbocycles. The number of carbonyl (C=O) groups excluding carboxylic acids is 2. The Bertz CT molecular complexity index is 821. The van der Waals surface area contributed by atoms with Crippen molar-refractivity contribution in [3.8, 4) is 11.5 Å². The summed E-state index contributed by atoms with van der Waals surface area (Å²) in [4.78, 5) is 28.8. The number of ether oxygens (including phenoxy) is 2. The molecule has 0 N–H and O–H groups in total. The number of carbonyl (C=O) groups is 2. The van der Waals surface area contributed by atoms with Crippen molar-refractivity contribution in [1.82, 2.24) is 4.90 Å². The van der Waals surface area contributed by atoms with Crippen LogP contribution in [-0.4, -0.2) is 42.6 Å². The molecule has 25 heavy (non-hydrogen) atoms. The van der Waals surface area contributed by atoms with Gasteiger partial charge in [0.15, 0.2) is 11.5 Å². The lowest BCUT2D eigenvalue weighted by Crippen LogP contribution is -2.57. The fourth-order valence-electron chi connectivity index (χ4n) is 3.20. The Kier molecular flexibility index (Phi) is 3.80. The Morgan fingerprint density at radius 3 is 2.60 bits per heavy atom. The molecule has 0 spiro atoms. The molecule has 2 heterocycles. The molecule has 2 aliphatic heterocycles. The third kappa shape index (κ3) is 2.69. The summed E-state index contributed by atoms with van der Waals surface area (Å²) in [6, 6.07) is 14.0. The second-order valence-electron chi connectivity index (χ2n) is 6.07. The third-order valence-electron chi connectivity index (χ3n) is 4.60. The Balaban J connectivity index is 1.54. The van der Waals surface area contributed by atoms with Crippen molar-refractivity contribution in [3.05, 3.63) is 54.1 Å². The number of fused-ring (bicyclic) bond motifs is 1. The molecule has 0 saturated carbocycles. The summed E-state index contributed by atoms with van der Waals surface area (Å²) in [6.07, 6.45) is 0. The zero-order valence-electron chi connectivity index (χ0n) is 13.8. The van der Waals surface area contributed by atoms with Crippen LogP contribution in [0.25, 0.3) is 0 Å². The van der Waals surface area contributed by atoms with Gasteiger partial charge in [0, 0.05) is 30.4 Å². The highest BCUT2D eigenvalue weighted by molar-refractivity contribution is 6.03. The van der Waals surface area contributed by atoms with E-state index in [9.17, 15) is 9.59 Å². The molecule has 0 radical (unpaired) electrons. The molecule has 2 aliphatic rings. The summed E-state index contributed by atoms with van der Waals surface area (Å²) >= 11 is 0.